The van der Waals surface area contributed by atoms with E-state index >= 15 is 0 Å². The van der Waals surface area contributed by atoms with E-state index in [-0.39, 0.29) is 18.0 Å². The van der Waals surface area contributed by atoms with Crippen LogP contribution in [0.25, 0.3) is 0 Å². The second-order valence-corrected chi connectivity index (χ2v) is 3.55. The maximum absolute atomic E-state index is 11.5. The average molecular weight is 237 g/mol. The molecule has 0 aromatic carbocycles. The minimum absolute atomic E-state index is 0.179. The largest absolute Gasteiger partial charge is 0.481 e. The van der Waals surface area contributed by atoms with E-state index in [1.807, 2.05) is 0 Å². The summed E-state index contributed by atoms with van der Waals surface area (Å²) in [6.45, 7) is 0.523. The quantitative estimate of drug-likeness (QED) is 0.686. The Morgan fingerprint density at radius 3 is 2.71 bits per heavy atom. The number of hydrogen-bond donors (Lipinski definition) is 2. The van der Waals surface area contributed by atoms with Crippen LogP contribution in [0.2, 0.25) is 0 Å². The molecule has 0 atom stereocenters. The number of carbonyl (C=O) groups is 2. The molecule has 1 heterocycles. The highest BCUT2D eigenvalue weighted by molar-refractivity contribution is 5.91. The molecular formula is C11H15N3O3. The zero-order valence-corrected chi connectivity index (χ0v) is 9.43. The van der Waals surface area contributed by atoms with E-state index in [9.17, 15) is 9.59 Å². The summed E-state index contributed by atoms with van der Waals surface area (Å²) in [4.78, 5) is 29.4. The molecule has 0 aliphatic carbocycles. The van der Waals surface area contributed by atoms with Gasteiger partial charge in [0.1, 0.15) is 5.69 Å². The smallest absolute Gasteiger partial charge is 0.303 e. The molecule has 0 bridgehead atoms. The predicted octanol–water partition coefficient (Wildman–Crippen LogP) is 0.851. The van der Waals surface area contributed by atoms with Crippen molar-refractivity contribution in [2.24, 2.45) is 0 Å². The molecule has 2 N–H and O–H groups in total. The van der Waals surface area contributed by atoms with E-state index < -0.39 is 5.97 Å². The zero-order valence-electron chi connectivity index (χ0n) is 9.43. The van der Waals surface area contributed by atoms with Crippen molar-refractivity contribution in [3.05, 3.63) is 24.3 Å². The highest BCUT2D eigenvalue weighted by Crippen LogP contribution is 1.99. The highest BCUT2D eigenvalue weighted by atomic mass is 16.4. The van der Waals surface area contributed by atoms with Crippen LogP contribution in [0.3, 0.4) is 0 Å². The second kappa shape index (κ2) is 7.32. The van der Waals surface area contributed by atoms with Gasteiger partial charge in [-0.1, -0.05) is 6.42 Å². The number of aromatic nitrogens is 2. The minimum Gasteiger partial charge on any atom is -0.481 e. The lowest BCUT2D eigenvalue weighted by molar-refractivity contribution is -0.137. The van der Waals surface area contributed by atoms with Gasteiger partial charge in [0.05, 0.1) is 6.20 Å². The lowest BCUT2D eigenvalue weighted by atomic mass is 10.2. The monoisotopic (exact) mass is 237 g/mol. The van der Waals surface area contributed by atoms with E-state index in [0.717, 1.165) is 12.8 Å². The van der Waals surface area contributed by atoms with Crippen LogP contribution in [0.15, 0.2) is 18.6 Å². The maximum Gasteiger partial charge on any atom is 0.303 e. The van der Waals surface area contributed by atoms with E-state index in [1.165, 1.54) is 18.6 Å². The number of nitrogens with one attached hydrogen (secondary N) is 1. The van der Waals surface area contributed by atoms with Crippen LogP contribution < -0.4 is 5.32 Å². The summed E-state index contributed by atoms with van der Waals surface area (Å²) in [5, 5.41) is 11.1. The molecule has 17 heavy (non-hydrogen) atoms. The third kappa shape index (κ3) is 5.60. The molecule has 0 aliphatic rings. The summed E-state index contributed by atoms with van der Waals surface area (Å²) in [6.07, 6.45) is 6.73. The number of rotatable bonds is 7. The van der Waals surface area contributed by atoms with E-state index in [2.05, 4.69) is 15.3 Å². The molecule has 1 aromatic rings. The van der Waals surface area contributed by atoms with Crippen LogP contribution in [0.1, 0.15) is 36.2 Å². The summed E-state index contributed by atoms with van der Waals surface area (Å²) < 4.78 is 0. The van der Waals surface area contributed by atoms with Gasteiger partial charge in [0.25, 0.3) is 5.91 Å². The number of unbranched alkanes of at least 4 members (excludes halogenated alkanes) is 2. The Kier molecular flexibility index (Phi) is 5.63. The summed E-state index contributed by atoms with van der Waals surface area (Å²) in [5.74, 6) is -1.04. The van der Waals surface area contributed by atoms with Gasteiger partial charge in [-0.2, -0.15) is 0 Å². The lowest BCUT2D eigenvalue weighted by Gasteiger charge is -2.03. The number of aliphatic carboxylic acids is 1. The van der Waals surface area contributed by atoms with E-state index in [0.29, 0.717) is 13.0 Å². The number of carboxylic acid groups (broad SMARTS) is 1. The molecule has 1 rings (SSSR count). The number of hydrogen-bond acceptors (Lipinski definition) is 4. The van der Waals surface area contributed by atoms with Crippen LogP contribution in [-0.4, -0.2) is 33.5 Å². The first-order valence-corrected chi connectivity index (χ1v) is 5.46. The Hall–Kier alpha value is -1.98. The Labute approximate surface area is 99.1 Å². The summed E-state index contributed by atoms with van der Waals surface area (Å²) in [6, 6.07) is 0. The number of carbonyl (C=O) groups excluding carboxylic acids is 1. The average Bonchev–Trinajstić information content (AvgIpc) is 2.34. The van der Waals surface area contributed by atoms with Crippen molar-refractivity contribution >= 4 is 11.9 Å². The maximum atomic E-state index is 11.5. The molecule has 6 heteroatoms. The van der Waals surface area contributed by atoms with E-state index in [1.54, 1.807) is 0 Å². The van der Waals surface area contributed by atoms with Crippen LogP contribution in [0.5, 0.6) is 0 Å². The number of amides is 1. The van der Waals surface area contributed by atoms with Crippen molar-refractivity contribution in [2.45, 2.75) is 25.7 Å². The fourth-order valence-electron chi connectivity index (χ4n) is 1.29. The third-order valence-corrected chi connectivity index (χ3v) is 2.15. The van der Waals surface area contributed by atoms with Gasteiger partial charge < -0.3 is 10.4 Å². The van der Waals surface area contributed by atoms with Crippen LogP contribution in [-0.2, 0) is 4.79 Å². The fourth-order valence-corrected chi connectivity index (χ4v) is 1.29. The standard InChI is InChI=1S/C11H15N3O3/c15-10(16)4-2-1-3-5-14-11(17)9-8-12-6-7-13-9/h6-8H,1-5H2,(H,14,17)(H,15,16). The van der Waals surface area contributed by atoms with Crippen LogP contribution in [0.4, 0.5) is 0 Å². The van der Waals surface area contributed by atoms with Gasteiger partial charge in [-0.15, -0.1) is 0 Å². The topological polar surface area (TPSA) is 92.2 Å². The van der Waals surface area contributed by atoms with Gasteiger partial charge in [-0.25, -0.2) is 4.98 Å². The first-order valence-electron chi connectivity index (χ1n) is 5.46. The Balaban J connectivity index is 2.11. The van der Waals surface area contributed by atoms with Gasteiger partial charge in [0.15, 0.2) is 0 Å². The lowest BCUT2D eigenvalue weighted by Crippen LogP contribution is -2.25. The highest BCUT2D eigenvalue weighted by Gasteiger charge is 2.05. The fraction of sp³-hybridized carbons (Fsp3) is 0.455. The molecule has 0 fully saturated rings. The van der Waals surface area contributed by atoms with E-state index in [4.69, 9.17) is 5.11 Å². The van der Waals surface area contributed by atoms with Gasteiger partial charge in [-0.05, 0) is 12.8 Å². The SMILES string of the molecule is O=C(O)CCCCCNC(=O)c1cnccn1. The Morgan fingerprint density at radius 2 is 2.06 bits per heavy atom. The van der Waals surface area contributed by atoms with Crippen molar-refractivity contribution in [1.29, 1.82) is 0 Å². The molecule has 0 spiro atoms. The van der Waals surface area contributed by atoms with Gasteiger partial charge in [0.2, 0.25) is 0 Å². The Morgan fingerprint density at radius 1 is 1.24 bits per heavy atom. The molecule has 0 radical (unpaired) electrons. The molecule has 0 saturated heterocycles. The third-order valence-electron chi connectivity index (χ3n) is 2.15. The van der Waals surface area contributed by atoms with Crippen molar-refractivity contribution in [2.75, 3.05) is 6.54 Å². The van der Waals surface area contributed by atoms with Crippen molar-refractivity contribution in [1.82, 2.24) is 15.3 Å². The Bertz CT molecular complexity index is 367. The molecule has 1 aromatic heterocycles. The number of nitrogens with zero attached hydrogens (tertiary/aromatic N) is 2. The molecule has 1 amide bonds. The normalized spacial score (nSPS) is 9.88. The van der Waals surface area contributed by atoms with Crippen molar-refractivity contribution in [3.63, 3.8) is 0 Å². The molecule has 0 unspecified atom stereocenters. The second-order valence-electron chi connectivity index (χ2n) is 3.55. The molecule has 92 valence electrons. The zero-order chi connectivity index (χ0) is 12.5. The predicted molar refractivity (Wildman–Crippen MR) is 60.5 cm³/mol. The molecule has 0 saturated carbocycles. The van der Waals surface area contributed by atoms with Crippen LogP contribution in [0, 0.1) is 0 Å². The summed E-state index contributed by atoms with van der Waals surface area (Å²) in [7, 11) is 0. The minimum atomic E-state index is -0.784. The first-order chi connectivity index (χ1) is 8.20. The van der Waals surface area contributed by atoms with Gasteiger partial charge >= 0.3 is 5.97 Å². The van der Waals surface area contributed by atoms with Gasteiger partial charge in [0, 0.05) is 25.4 Å². The van der Waals surface area contributed by atoms with Crippen molar-refractivity contribution in [3.8, 4) is 0 Å². The van der Waals surface area contributed by atoms with Gasteiger partial charge in [-0.3, -0.25) is 14.6 Å². The molecule has 0 aliphatic heterocycles. The van der Waals surface area contributed by atoms with Crippen LogP contribution >= 0.6 is 0 Å². The molecular weight excluding hydrogens is 222 g/mol. The summed E-state index contributed by atoms with van der Waals surface area (Å²) >= 11 is 0. The molecule has 6 nitrogen and oxygen atoms in total. The summed E-state index contributed by atoms with van der Waals surface area (Å²) in [5.41, 5.74) is 0.290. The van der Waals surface area contributed by atoms with Crippen molar-refractivity contribution < 1.29 is 14.7 Å². The number of carboxylic acids is 1. The first kappa shape index (κ1) is 13.1.